The minimum absolute atomic E-state index is 0.0295. The van der Waals surface area contributed by atoms with Crippen LogP contribution in [0.5, 0.6) is 0 Å². The summed E-state index contributed by atoms with van der Waals surface area (Å²) in [5, 5.41) is 0. The van der Waals surface area contributed by atoms with E-state index in [1.807, 2.05) is 0 Å². The van der Waals surface area contributed by atoms with Crippen LogP contribution in [-0.2, 0) is 16.2 Å². The van der Waals surface area contributed by atoms with Crippen LogP contribution < -0.4 is 4.72 Å². The summed E-state index contributed by atoms with van der Waals surface area (Å²) < 4.78 is 65.7. The fourth-order valence-electron chi connectivity index (χ4n) is 2.49. The van der Waals surface area contributed by atoms with Gasteiger partial charge in [0, 0.05) is 13.1 Å². The minimum atomic E-state index is -4.66. The number of benzene rings is 2. The van der Waals surface area contributed by atoms with E-state index >= 15 is 0 Å². The Morgan fingerprint density at radius 3 is 2.35 bits per heavy atom. The van der Waals surface area contributed by atoms with Gasteiger partial charge in [-0.1, -0.05) is 18.2 Å². The van der Waals surface area contributed by atoms with Crippen LogP contribution in [0.3, 0.4) is 0 Å². The van der Waals surface area contributed by atoms with Gasteiger partial charge in [-0.05, 0) is 36.8 Å². The Bertz CT molecular complexity index is 938. The first-order chi connectivity index (χ1) is 12.2. The maximum atomic E-state index is 12.8. The number of hydrogen-bond donors (Lipinski definition) is 1. The molecule has 0 unspecified atom stereocenters. The molecular weight excluding hydrogens is 369 g/mol. The maximum Gasteiger partial charge on any atom is 0.416 e. The lowest BCUT2D eigenvalue weighted by Gasteiger charge is -2.31. The molecule has 9 heteroatoms. The van der Waals surface area contributed by atoms with Gasteiger partial charge in [0.25, 0.3) is 15.9 Å². The van der Waals surface area contributed by atoms with Gasteiger partial charge >= 0.3 is 6.18 Å². The Kier molecular flexibility index (Phi) is 4.66. The number of para-hydroxylation sites is 1. The molecule has 0 aliphatic carbocycles. The Morgan fingerprint density at radius 2 is 1.73 bits per heavy atom. The number of carbonyl (C=O) groups excluding carboxylic acids is 1. The highest BCUT2D eigenvalue weighted by atomic mass is 32.2. The summed E-state index contributed by atoms with van der Waals surface area (Å²) in [6, 6.07) is 9.45. The summed E-state index contributed by atoms with van der Waals surface area (Å²) in [7, 11) is -4.29. The van der Waals surface area contributed by atoms with Gasteiger partial charge < -0.3 is 4.90 Å². The third kappa shape index (κ3) is 3.67. The average molecular weight is 384 g/mol. The molecule has 1 N–H and O–H groups in total. The van der Waals surface area contributed by atoms with Gasteiger partial charge in [-0.2, -0.15) is 13.2 Å². The van der Waals surface area contributed by atoms with E-state index in [1.54, 1.807) is 11.0 Å². The number of sulfonamides is 1. The predicted molar refractivity (Wildman–Crippen MR) is 89.2 cm³/mol. The Hall–Kier alpha value is -2.55. The number of nitrogens with zero attached hydrogens (tertiary/aromatic N) is 1. The van der Waals surface area contributed by atoms with E-state index in [0.29, 0.717) is 19.2 Å². The van der Waals surface area contributed by atoms with E-state index in [9.17, 15) is 26.4 Å². The van der Waals surface area contributed by atoms with E-state index in [4.69, 9.17) is 0 Å². The molecule has 1 amide bonds. The lowest BCUT2D eigenvalue weighted by molar-refractivity contribution is -0.137. The number of halogens is 3. The molecule has 1 fully saturated rings. The largest absolute Gasteiger partial charge is 0.416 e. The van der Waals surface area contributed by atoms with Crippen LogP contribution in [0.15, 0.2) is 53.4 Å². The van der Waals surface area contributed by atoms with Crippen molar-refractivity contribution in [2.75, 3.05) is 17.8 Å². The summed E-state index contributed by atoms with van der Waals surface area (Å²) >= 11 is 0. The van der Waals surface area contributed by atoms with Gasteiger partial charge in [0.05, 0.1) is 21.7 Å². The lowest BCUT2D eigenvalue weighted by atomic mass is 10.1. The third-order valence-electron chi connectivity index (χ3n) is 4.02. The van der Waals surface area contributed by atoms with Crippen molar-refractivity contribution < 1.29 is 26.4 Å². The summed E-state index contributed by atoms with van der Waals surface area (Å²) in [5.41, 5.74) is -0.880. The number of rotatable bonds is 4. The van der Waals surface area contributed by atoms with Crippen LogP contribution in [-0.4, -0.2) is 32.3 Å². The molecule has 138 valence electrons. The molecule has 0 bridgehead atoms. The molecule has 1 aliphatic rings. The molecule has 0 radical (unpaired) electrons. The molecule has 0 aromatic heterocycles. The molecule has 5 nitrogen and oxygen atoms in total. The fraction of sp³-hybridized carbons (Fsp3) is 0.235. The molecule has 0 atom stereocenters. The average Bonchev–Trinajstić information content (AvgIpc) is 2.52. The quantitative estimate of drug-likeness (QED) is 0.879. The summed E-state index contributed by atoms with van der Waals surface area (Å²) in [6.07, 6.45) is -3.78. The number of alkyl halides is 3. The van der Waals surface area contributed by atoms with E-state index in [1.165, 1.54) is 18.2 Å². The molecule has 2 aromatic rings. The standard InChI is InChI=1S/C17H15F3N2O3S/c18-17(19,20)12-5-3-6-13(11-12)26(24,25)21-15-8-2-1-7-14(15)16(23)22-9-4-10-22/h1-3,5-8,11,21H,4,9-10H2. The lowest BCUT2D eigenvalue weighted by Crippen LogP contribution is -2.42. The van der Waals surface area contributed by atoms with Crippen molar-refractivity contribution in [1.82, 2.24) is 4.90 Å². The van der Waals surface area contributed by atoms with Crippen LogP contribution in [0.1, 0.15) is 22.3 Å². The van der Waals surface area contributed by atoms with Crippen LogP contribution >= 0.6 is 0 Å². The van der Waals surface area contributed by atoms with E-state index in [2.05, 4.69) is 4.72 Å². The van der Waals surface area contributed by atoms with Crippen molar-refractivity contribution >= 4 is 21.6 Å². The Balaban J connectivity index is 1.92. The van der Waals surface area contributed by atoms with Crippen molar-refractivity contribution in [1.29, 1.82) is 0 Å². The highest BCUT2D eigenvalue weighted by molar-refractivity contribution is 7.92. The van der Waals surface area contributed by atoms with Gasteiger partial charge in [-0.15, -0.1) is 0 Å². The van der Waals surface area contributed by atoms with Gasteiger partial charge in [0.1, 0.15) is 0 Å². The number of nitrogens with one attached hydrogen (secondary N) is 1. The topological polar surface area (TPSA) is 66.5 Å². The first-order valence-corrected chi connectivity index (χ1v) is 9.25. The number of carbonyl (C=O) groups is 1. The van der Waals surface area contributed by atoms with Crippen LogP contribution in [0.2, 0.25) is 0 Å². The normalized spacial score (nSPS) is 14.7. The third-order valence-corrected chi connectivity index (χ3v) is 5.38. The van der Waals surface area contributed by atoms with Crippen molar-refractivity contribution in [3.8, 4) is 0 Å². The second-order valence-corrected chi connectivity index (χ2v) is 7.50. The second-order valence-electron chi connectivity index (χ2n) is 5.82. The minimum Gasteiger partial charge on any atom is -0.338 e. The zero-order chi connectivity index (χ0) is 18.9. The highest BCUT2D eigenvalue weighted by Crippen LogP contribution is 2.31. The number of anilines is 1. The molecule has 3 rings (SSSR count). The highest BCUT2D eigenvalue weighted by Gasteiger charge is 2.32. The van der Waals surface area contributed by atoms with Gasteiger partial charge in [-0.25, -0.2) is 8.42 Å². The first-order valence-electron chi connectivity index (χ1n) is 7.77. The summed E-state index contributed by atoms with van der Waals surface area (Å²) in [4.78, 5) is 13.4. The van der Waals surface area contributed by atoms with Gasteiger partial charge in [-0.3, -0.25) is 9.52 Å². The van der Waals surface area contributed by atoms with Crippen molar-refractivity contribution in [2.24, 2.45) is 0 Å². The van der Waals surface area contributed by atoms with Crippen LogP contribution in [0, 0.1) is 0 Å². The van der Waals surface area contributed by atoms with Crippen molar-refractivity contribution in [3.63, 3.8) is 0 Å². The molecule has 1 saturated heterocycles. The molecule has 1 aliphatic heterocycles. The number of likely N-dealkylation sites (tertiary alicyclic amines) is 1. The maximum absolute atomic E-state index is 12.8. The zero-order valence-electron chi connectivity index (χ0n) is 13.5. The molecule has 1 heterocycles. The SMILES string of the molecule is O=C(c1ccccc1NS(=O)(=O)c1cccc(C(F)(F)F)c1)N1CCC1. The van der Waals surface area contributed by atoms with Gasteiger partial charge in [0.2, 0.25) is 0 Å². The van der Waals surface area contributed by atoms with E-state index in [-0.39, 0.29) is 17.2 Å². The second kappa shape index (κ2) is 6.64. The van der Waals surface area contributed by atoms with Crippen molar-refractivity contribution in [2.45, 2.75) is 17.5 Å². The number of amides is 1. The zero-order valence-corrected chi connectivity index (χ0v) is 14.3. The fourth-order valence-corrected chi connectivity index (χ4v) is 3.62. The Labute approximate surface area is 148 Å². The number of hydrogen-bond acceptors (Lipinski definition) is 3. The van der Waals surface area contributed by atoms with E-state index < -0.39 is 26.7 Å². The molecular formula is C17H15F3N2O3S. The predicted octanol–water partition coefficient (Wildman–Crippen LogP) is 3.35. The van der Waals surface area contributed by atoms with Crippen LogP contribution in [0.25, 0.3) is 0 Å². The Morgan fingerprint density at radius 1 is 1.04 bits per heavy atom. The summed E-state index contributed by atoms with van der Waals surface area (Å²) in [5.74, 6) is -0.321. The van der Waals surface area contributed by atoms with Crippen molar-refractivity contribution in [3.05, 3.63) is 59.7 Å². The molecule has 0 spiro atoms. The smallest absolute Gasteiger partial charge is 0.338 e. The monoisotopic (exact) mass is 384 g/mol. The van der Waals surface area contributed by atoms with Gasteiger partial charge in [0.15, 0.2) is 0 Å². The van der Waals surface area contributed by atoms with E-state index in [0.717, 1.165) is 24.6 Å². The molecule has 26 heavy (non-hydrogen) atoms. The van der Waals surface area contributed by atoms with Crippen LogP contribution in [0.4, 0.5) is 18.9 Å². The molecule has 0 saturated carbocycles. The summed E-state index contributed by atoms with van der Waals surface area (Å²) in [6.45, 7) is 1.18. The molecule has 2 aromatic carbocycles. The first kappa shape index (κ1) is 18.2.